The van der Waals surface area contributed by atoms with Crippen LogP contribution in [-0.2, 0) is 5.33 Å². The number of halogens is 3. The summed E-state index contributed by atoms with van der Waals surface area (Å²) >= 11 is 11.9. The van der Waals surface area contributed by atoms with E-state index in [1.165, 1.54) is 0 Å². The Kier molecular flexibility index (Phi) is 3.75. The van der Waals surface area contributed by atoms with Crippen molar-refractivity contribution in [3.05, 3.63) is 33.8 Å². The first-order chi connectivity index (χ1) is 5.65. The van der Waals surface area contributed by atoms with Gasteiger partial charge in [-0.1, -0.05) is 22.0 Å². The zero-order valence-corrected chi connectivity index (χ0v) is 9.91. The first-order valence-corrected chi connectivity index (χ1v) is 5.48. The molecule has 0 bridgehead atoms. The summed E-state index contributed by atoms with van der Waals surface area (Å²) in [4.78, 5) is 10.8. The molecule has 0 unspecified atom stereocenters. The number of hydrogen-bond donors (Lipinski definition) is 0. The number of carbonyl (C=O) groups excluding carboxylic acids is 1. The molecule has 0 saturated heterocycles. The molecule has 0 aliphatic heterocycles. The van der Waals surface area contributed by atoms with E-state index in [1.807, 2.05) is 12.1 Å². The van der Waals surface area contributed by atoms with Gasteiger partial charge in [-0.2, -0.15) is 0 Å². The SMILES string of the molecule is O=C(Cl)c1ccc(CBr)cc1Br. The monoisotopic (exact) mass is 310 g/mol. The largest absolute Gasteiger partial charge is 0.276 e. The summed E-state index contributed by atoms with van der Waals surface area (Å²) < 4.78 is 0.736. The van der Waals surface area contributed by atoms with Crippen LogP contribution in [-0.4, -0.2) is 5.24 Å². The average Bonchev–Trinajstić information content (AvgIpc) is 2.03. The molecule has 0 aromatic heterocycles. The smallest absolute Gasteiger partial charge is 0.253 e. The summed E-state index contributed by atoms with van der Waals surface area (Å²) in [6, 6.07) is 5.43. The van der Waals surface area contributed by atoms with Crippen molar-refractivity contribution in [3.8, 4) is 0 Å². The van der Waals surface area contributed by atoms with Crippen molar-refractivity contribution in [2.24, 2.45) is 0 Å². The molecule has 12 heavy (non-hydrogen) atoms. The molecule has 1 aromatic rings. The van der Waals surface area contributed by atoms with Crippen LogP contribution in [0, 0.1) is 0 Å². The van der Waals surface area contributed by atoms with Crippen LogP contribution in [0.4, 0.5) is 0 Å². The topological polar surface area (TPSA) is 17.1 Å². The zero-order chi connectivity index (χ0) is 9.14. The highest BCUT2D eigenvalue weighted by atomic mass is 79.9. The van der Waals surface area contributed by atoms with Crippen molar-refractivity contribution in [3.63, 3.8) is 0 Å². The maximum absolute atomic E-state index is 10.8. The van der Waals surface area contributed by atoms with Gasteiger partial charge >= 0.3 is 0 Å². The highest BCUT2D eigenvalue weighted by molar-refractivity contribution is 9.10. The maximum Gasteiger partial charge on any atom is 0.253 e. The highest BCUT2D eigenvalue weighted by Gasteiger charge is 2.06. The Morgan fingerprint density at radius 3 is 2.58 bits per heavy atom. The van der Waals surface area contributed by atoms with Gasteiger partial charge in [0.25, 0.3) is 5.24 Å². The summed E-state index contributed by atoms with van der Waals surface area (Å²) in [5.74, 6) is 0. The molecule has 64 valence electrons. The van der Waals surface area contributed by atoms with Crippen LogP contribution in [0.5, 0.6) is 0 Å². The van der Waals surface area contributed by atoms with Crippen LogP contribution in [0.15, 0.2) is 22.7 Å². The lowest BCUT2D eigenvalue weighted by molar-refractivity contribution is 0.108. The van der Waals surface area contributed by atoms with E-state index < -0.39 is 5.24 Å². The van der Waals surface area contributed by atoms with Crippen LogP contribution in [0.3, 0.4) is 0 Å². The molecule has 1 aromatic carbocycles. The third-order valence-electron chi connectivity index (χ3n) is 1.40. The normalized spacial score (nSPS) is 9.92. The molecule has 0 aliphatic rings. The van der Waals surface area contributed by atoms with Crippen molar-refractivity contribution < 1.29 is 4.79 Å². The van der Waals surface area contributed by atoms with Crippen LogP contribution in [0.25, 0.3) is 0 Å². The number of alkyl halides is 1. The van der Waals surface area contributed by atoms with Gasteiger partial charge in [0.2, 0.25) is 0 Å². The van der Waals surface area contributed by atoms with E-state index in [0.29, 0.717) is 5.56 Å². The lowest BCUT2D eigenvalue weighted by atomic mass is 10.2. The molecule has 0 aliphatic carbocycles. The van der Waals surface area contributed by atoms with E-state index in [-0.39, 0.29) is 0 Å². The van der Waals surface area contributed by atoms with Gasteiger partial charge in [-0.25, -0.2) is 0 Å². The van der Waals surface area contributed by atoms with Gasteiger partial charge in [-0.3, -0.25) is 4.79 Å². The first kappa shape index (κ1) is 10.2. The highest BCUT2D eigenvalue weighted by Crippen LogP contribution is 2.21. The van der Waals surface area contributed by atoms with Crippen molar-refractivity contribution in [2.45, 2.75) is 5.33 Å². The fraction of sp³-hybridized carbons (Fsp3) is 0.125. The van der Waals surface area contributed by atoms with Gasteiger partial charge in [0, 0.05) is 15.4 Å². The van der Waals surface area contributed by atoms with Gasteiger partial charge in [-0.05, 0) is 45.2 Å². The minimum atomic E-state index is -0.442. The lowest BCUT2D eigenvalue weighted by Gasteiger charge is -2.00. The van der Waals surface area contributed by atoms with Crippen molar-refractivity contribution >= 4 is 48.7 Å². The molecule has 0 spiro atoms. The first-order valence-electron chi connectivity index (χ1n) is 3.19. The molecule has 0 fully saturated rings. The van der Waals surface area contributed by atoms with Gasteiger partial charge in [-0.15, -0.1) is 0 Å². The molecule has 0 heterocycles. The van der Waals surface area contributed by atoms with Gasteiger partial charge in [0.1, 0.15) is 0 Å². The lowest BCUT2D eigenvalue weighted by Crippen LogP contribution is -1.91. The molecule has 1 rings (SSSR count). The summed E-state index contributed by atoms with van der Waals surface area (Å²) in [6.45, 7) is 0. The zero-order valence-electron chi connectivity index (χ0n) is 5.98. The molecule has 1 nitrogen and oxygen atoms in total. The van der Waals surface area contributed by atoms with Crippen molar-refractivity contribution in [1.29, 1.82) is 0 Å². The van der Waals surface area contributed by atoms with Crippen molar-refractivity contribution in [2.75, 3.05) is 0 Å². The van der Waals surface area contributed by atoms with Crippen LogP contribution < -0.4 is 0 Å². The Morgan fingerprint density at radius 1 is 1.50 bits per heavy atom. The van der Waals surface area contributed by atoms with E-state index in [9.17, 15) is 4.79 Å². The second kappa shape index (κ2) is 4.40. The van der Waals surface area contributed by atoms with Crippen LogP contribution >= 0.6 is 43.5 Å². The molecule has 0 amide bonds. The van der Waals surface area contributed by atoms with Gasteiger partial charge in [0.05, 0.1) is 0 Å². The van der Waals surface area contributed by atoms with E-state index in [2.05, 4.69) is 31.9 Å². The molecule has 0 atom stereocenters. The van der Waals surface area contributed by atoms with Gasteiger partial charge in [0.15, 0.2) is 0 Å². The van der Waals surface area contributed by atoms with Gasteiger partial charge < -0.3 is 0 Å². The predicted molar refractivity (Wildman–Crippen MR) is 57.0 cm³/mol. The number of rotatable bonds is 2. The second-order valence-corrected chi connectivity index (χ2v) is 3.98. The van der Waals surface area contributed by atoms with Crippen molar-refractivity contribution in [1.82, 2.24) is 0 Å². The summed E-state index contributed by atoms with van der Waals surface area (Å²) in [5, 5.41) is 0.325. The molecular formula is C8H5Br2ClO. The Labute approximate surface area is 92.4 Å². The Hall–Kier alpha value is 0.140. The fourth-order valence-corrected chi connectivity index (χ4v) is 2.04. The standard InChI is InChI=1S/C8H5Br2ClO/c9-4-5-1-2-6(8(11)12)7(10)3-5/h1-3H,4H2. The van der Waals surface area contributed by atoms with E-state index >= 15 is 0 Å². The summed E-state index contributed by atoms with van der Waals surface area (Å²) in [7, 11) is 0. The van der Waals surface area contributed by atoms with Crippen LogP contribution in [0.2, 0.25) is 0 Å². The quantitative estimate of drug-likeness (QED) is 0.601. The van der Waals surface area contributed by atoms with E-state index in [4.69, 9.17) is 11.6 Å². The molecule has 0 radical (unpaired) electrons. The minimum absolute atomic E-state index is 0.442. The second-order valence-electron chi connectivity index (χ2n) is 2.22. The molecule has 0 saturated carbocycles. The average molecular weight is 312 g/mol. The number of hydrogen-bond acceptors (Lipinski definition) is 1. The number of benzene rings is 1. The van der Waals surface area contributed by atoms with E-state index in [0.717, 1.165) is 15.4 Å². The molecule has 0 N–H and O–H groups in total. The number of carbonyl (C=O) groups is 1. The fourth-order valence-electron chi connectivity index (χ4n) is 0.801. The Bertz CT molecular complexity index is 312. The molecular weight excluding hydrogens is 307 g/mol. The Morgan fingerprint density at radius 2 is 2.17 bits per heavy atom. The molecule has 4 heteroatoms. The summed E-state index contributed by atoms with van der Waals surface area (Å²) in [6.07, 6.45) is 0. The van der Waals surface area contributed by atoms with Crippen LogP contribution in [0.1, 0.15) is 15.9 Å². The minimum Gasteiger partial charge on any atom is -0.276 e. The summed E-state index contributed by atoms with van der Waals surface area (Å²) in [5.41, 5.74) is 1.60. The Balaban J connectivity index is 3.12. The van der Waals surface area contributed by atoms with E-state index in [1.54, 1.807) is 6.07 Å². The predicted octanol–water partition coefficient (Wildman–Crippen LogP) is 3.72. The maximum atomic E-state index is 10.8. The third-order valence-corrected chi connectivity index (χ3v) is 2.91. The third kappa shape index (κ3) is 2.31.